The van der Waals surface area contributed by atoms with Crippen molar-refractivity contribution in [2.24, 2.45) is 0 Å². The number of hydrogen-bond acceptors (Lipinski definition) is 0. The lowest BCUT2D eigenvalue weighted by atomic mass is 9.79. The standard InChI is InChI=1S/C13H16/c1-2-5-11-6-3-9-13(10-11)12-7-4-8-12/h2-3,6,9-10,12H,1,4-5,7-8H2. The van der Waals surface area contributed by atoms with Crippen LogP contribution in [-0.2, 0) is 6.42 Å². The maximum absolute atomic E-state index is 3.76. The fourth-order valence-corrected chi connectivity index (χ4v) is 1.88. The Bertz CT molecular complexity index is 295. The summed E-state index contributed by atoms with van der Waals surface area (Å²) in [6.07, 6.45) is 7.16. The average molecular weight is 172 g/mol. The highest BCUT2D eigenvalue weighted by molar-refractivity contribution is 5.28. The Morgan fingerprint density at radius 3 is 2.85 bits per heavy atom. The van der Waals surface area contributed by atoms with Crippen molar-refractivity contribution in [1.29, 1.82) is 0 Å². The molecular formula is C13H16. The van der Waals surface area contributed by atoms with E-state index < -0.39 is 0 Å². The third-order valence-corrected chi connectivity index (χ3v) is 2.91. The van der Waals surface area contributed by atoms with E-state index >= 15 is 0 Å². The Morgan fingerprint density at radius 2 is 2.23 bits per heavy atom. The normalized spacial score (nSPS) is 16.6. The third-order valence-electron chi connectivity index (χ3n) is 2.91. The van der Waals surface area contributed by atoms with Crippen molar-refractivity contribution in [2.45, 2.75) is 31.6 Å². The van der Waals surface area contributed by atoms with Gasteiger partial charge in [0.1, 0.15) is 0 Å². The van der Waals surface area contributed by atoms with Gasteiger partial charge < -0.3 is 0 Å². The van der Waals surface area contributed by atoms with Crippen LogP contribution in [0, 0.1) is 0 Å². The molecule has 0 N–H and O–H groups in total. The van der Waals surface area contributed by atoms with Crippen LogP contribution in [0.15, 0.2) is 36.9 Å². The van der Waals surface area contributed by atoms with Gasteiger partial charge in [-0.3, -0.25) is 0 Å². The summed E-state index contributed by atoms with van der Waals surface area (Å²) in [4.78, 5) is 0. The topological polar surface area (TPSA) is 0 Å². The van der Waals surface area contributed by atoms with E-state index in [1.165, 1.54) is 30.4 Å². The maximum atomic E-state index is 3.76. The summed E-state index contributed by atoms with van der Waals surface area (Å²) in [6.45, 7) is 3.76. The minimum absolute atomic E-state index is 0.852. The third kappa shape index (κ3) is 1.82. The predicted octanol–water partition coefficient (Wildman–Crippen LogP) is 3.68. The summed E-state index contributed by atoms with van der Waals surface area (Å²) in [5, 5.41) is 0. The molecule has 1 saturated carbocycles. The molecule has 13 heavy (non-hydrogen) atoms. The predicted molar refractivity (Wildman–Crippen MR) is 56.9 cm³/mol. The van der Waals surface area contributed by atoms with E-state index in [0.717, 1.165) is 12.3 Å². The zero-order valence-electron chi connectivity index (χ0n) is 8.00. The van der Waals surface area contributed by atoms with E-state index in [4.69, 9.17) is 0 Å². The van der Waals surface area contributed by atoms with Gasteiger partial charge in [-0.2, -0.15) is 0 Å². The quantitative estimate of drug-likeness (QED) is 0.610. The van der Waals surface area contributed by atoms with E-state index in [1.54, 1.807) is 0 Å². The lowest BCUT2D eigenvalue weighted by molar-refractivity contribution is 0.419. The monoisotopic (exact) mass is 172 g/mol. The van der Waals surface area contributed by atoms with Gasteiger partial charge in [-0.1, -0.05) is 36.8 Å². The van der Waals surface area contributed by atoms with E-state index in [2.05, 4.69) is 30.8 Å². The zero-order valence-corrected chi connectivity index (χ0v) is 8.00. The number of benzene rings is 1. The Hall–Kier alpha value is -1.04. The summed E-state index contributed by atoms with van der Waals surface area (Å²) in [6, 6.07) is 8.96. The van der Waals surface area contributed by atoms with Crippen LogP contribution in [0.25, 0.3) is 0 Å². The van der Waals surface area contributed by atoms with Crippen LogP contribution in [0.2, 0.25) is 0 Å². The van der Waals surface area contributed by atoms with Gasteiger partial charge in [0, 0.05) is 0 Å². The van der Waals surface area contributed by atoms with Gasteiger partial charge in [0.25, 0.3) is 0 Å². The van der Waals surface area contributed by atoms with Crippen LogP contribution in [0.3, 0.4) is 0 Å². The summed E-state index contributed by atoms with van der Waals surface area (Å²) in [7, 11) is 0. The van der Waals surface area contributed by atoms with Crippen molar-refractivity contribution in [3.8, 4) is 0 Å². The number of hydrogen-bond donors (Lipinski definition) is 0. The molecule has 0 heterocycles. The molecule has 2 rings (SSSR count). The van der Waals surface area contributed by atoms with Crippen LogP contribution in [-0.4, -0.2) is 0 Å². The van der Waals surface area contributed by atoms with E-state index in [1.807, 2.05) is 6.08 Å². The number of allylic oxidation sites excluding steroid dienone is 1. The molecule has 0 bridgehead atoms. The van der Waals surface area contributed by atoms with Gasteiger partial charge >= 0.3 is 0 Å². The molecule has 0 radical (unpaired) electrons. The second-order valence-corrected chi connectivity index (χ2v) is 3.87. The molecule has 0 unspecified atom stereocenters. The van der Waals surface area contributed by atoms with Gasteiger partial charge in [0.15, 0.2) is 0 Å². The highest BCUT2D eigenvalue weighted by atomic mass is 14.2. The summed E-state index contributed by atoms with van der Waals surface area (Å²) < 4.78 is 0. The highest BCUT2D eigenvalue weighted by Crippen LogP contribution is 2.36. The molecule has 1 aromatic rings. The van der Waals surface area contributed by atoms with Crippen molar-refractivity contribution in [3.63, 3.8) is 0 Å². The molecule has 0 amide bonds. The van der Waals surface area contributed by atoms with Crippen molar-refractivity contribution >= 4 is 0 Å². The Labute approximate surface area is 80.3 Å². The van der Waals surface area contributed by atoms with Gasteiger partial charge in [-0.25, -0.2) is 0 Å². The number of rotatable bonds is 3. The summed E-state index contributed by atoms with van der Waals surface area (Å²) >= 11 is 0. The fraction of sp³-hybridized carbons (Fsp3) is 0.385. The summed E-state index contributed by atoms with van der Waals surface area (Å²) in [5.74, 6) is 0.852. The van der Waals surface area contributed by atoms with Crippen LogP contribution in [0.1, 0.15) is 36.3 Å². The van der Waals surface area contributed by atoms with E-state index in [9.17, 15) is 0 Å². The molecule has 0 aliphatic heterocycles. The van der Waals surface area contributed by atoms with Gasteiger partial charge in [-0.15, -0.1) is 6.58 Å². The average Bonchev–Trinajstić information content (AvgIpc) is 2.02. The van der Waals surface area contributed by atoms with Crippen LogP contribution in [0.5, 0.6) is 0 Å². The molecule has 1 aliphatic rings. The Morgan fingerprint density at radius 1 is 1.38 bits per heavy atom. The Balaban J connectivity index is 2.16. The van der Waals surface area contributed by atoms with E-state index in [-0.39, 0.29) is 0 Å². The first-order chi connectivity index (χ1) is 6.40. The maximum Gasteiger partial charge on any atom is -0.0100 e. The minimum atomic E-state index is 0.852. The first-order valence-corrected chi connectivity index (χ1v) is 5.10. The molecule has 0 aromatic heterocycles. The molecule has 0 heteroatoms. The zero-order chi connectivity index (χ0) is 9.10. The first kappa shape index (κ1) is 8.55. The fourth-order valence-electron chi connectivity index (χ4n) is 1.88. The Kier molecular flexibility index (Phi) is 2.49. The van der Waals surface area contributed by atoms with E-state index in [0.29, 0.717) is 0 Å². The molecule has 0 spiro atoms. The van der Waals surface area contributed by atoms with Crippen molar-refractivity contribution in [2.75, 3.05) is 0 Å². The van der Waals surface area contributed by atoms with Crippen LogP contribution < -0.4 is 0 Å². The van der Waals surface area contributed by atoms with Crippen molar-refractivity contribution < 1.29 is 0 Å². The highest BCUT2D eigenvalue weighted by Gasteiger charge is 2.18. The van der Waals surface area contributed by atoms with Gasteiger partial charge in [0.2, 0.25) is 0 Å². The van der Waals surface area contributed by atoms with Crippen LogP contribution in [0.4, 0.5) is 0 Å². The van der Waals surface area contributed by atoms with Crippen molar-refractivity contribution in [3.05, 3.63) is 48.0 Å². The van der Waals surface area contributed by atoms with Crippen LogP contribution >= 0.6 is 0 Å². The molecule has 1 fully saturated rings. The molecule has 68 valence electrons. The largest absolute Gasteiger partial charge is 0.103 e. The first-order valence-electron chi connectivity index (χ1n) is 5.10. The molecule has 1 aromatic carbocycles. The molecular weight excluding hydrogens is 156 g/mol. The van der Waals surface area contributed by atoms with Gasteiger partial charge in [0.05, 0.1) is 0 Å². The lowest BCUT2D eigenvalue weighted by Gasteiger charge is -2.26. The minimum Gasteiger partial charge on any atom is -0.103 e. The lowest BCUT2D eigenvalue weighted by Crippen LogP contribution is -2.08. The second-order valence-electron chi connectivity index (χ2n) is 3.87. The van der Waals surface area contributed by atoms with Crippen molar-refractivity contribution in [1.82, 2.24) is 0 Å². The SMILES string of the molecule is C=CCc1cccc(C2CCC2)c1. The smallest absolute Gasteiger partial charge is 0.0100 e. The molecule has 0 nitrogen and oxygen atoms in total. The second kappa shape index (κ2) is 3.78. The summed E-state index contributed by atoms with van der Waals surface area (Å²) in [5.41, 5.74) is 2.94. The molecule has 0 atom stereocenters. The molecule has 0 saturated heterocycles. The molecule has 1 aliphatic carbocycles. The van der Waals surface area contributed by atoms with Gasteiger partial charge in [-0.05, 0) is 36.3 Å².